The van der Waals surface area contributed by atoms with E-state index in [9.17, 15) is 0 Å². The van der Waals surface area contributed by atoms with Crippen LogP contribution in [-0.2, 0) is 6.42 Å². The first-order chi connectivity index (χ1) is 8.20. The van der Waals surface area contributed by atoms with Gasteiger partial charge in [0, 0.05) is 12.0 Å². The van der Waals surface area contributed by atoms with Gasteiger partial charge in [0.1, 0.15) is 0 Å². The fourth-order valence-electron chi connectivity index (χ4n) is 3.27. The molecular weight excluding hydrogens is 253 g/mol. The summed E-state index contributed by atoms with van der Waals surface area (Å²) in [6.07, 6.45) is 6.79. The Balaban J connectivity index is 2.11. The van der Waals surface area contributed by atoms with Crippen molar-refractivity contribution in [3.63, 3.8) is 0 Å². The molecule has 0 spiro atoms. The highest BCUT2D eigenvalue weighted by atomic mass is 35.5. The third kappa shape index (κ3) is 1.81. The van der Waals surface area contributed by atoms with Gasteiger partial charge in [0.15, 0.2) is 0 Å². The molecule has 0 amide bonds. The van der Waals surface area contributed by atoms with Gasteiger partial charge in [-0.05, 0) is 49.1 Å². The van der Waals surface area contributed by atoms with Gasteiger partial charge in [-0.15, -0.1) is 0 Å². The Labute approximate surface area is 112 Å². The summed E-state index contributed by atoms with van der Waals surface area (Å²) in [4.78, 5) is 0. The topological polar surface area (TPSA) is 12.0 Å². The molecule has 1 aromatic carbocycles. The van der Waals surface area contributed by atoms with Gasteiger partial charge < -0.3 is 5.32 Å². The second-order valence-corrected chi connectivity index (χ2v) is 5.73. The van der Waals surface area contributed by atoms with Gasteiger partial charge in [-0.2, -0.15) is 0 Å². The molecule has 1 aromatic rings. The number of halogens is 2. The van der Waals surface area contributed by atoms with Gasteiger partial charge in [0.25, 0.3) is 0 Å². The zero-order valence-corrected chi connectivity index (χ0v) is 11.2. The van der Waals surface area contributed by atoms with Gasteiger partial charge in [0.05, 0.1) is 10.0 Å². The highest BCUT2D eigenvalue weighted by Gasteiger charge is 2.36. The highest BCUT2D eigenvalue weighted by Crippen LogP contribution is 2.43. The first kappa shape index (κ1) is 11.6. The molecule has 0 saturated heterocycles. The molecule has 2 bridgehead atoms. The van der Waals surface area contributed by atoms with Crippen LogP contribution in [0.2, 0.25) is 10.0 Å². The Morgan fingerprint density at radius 3 is 2.76 bits per heavy atom. The van der Waals surface area contributed by atoms with E-state index >= 15 is 0 Å². The Kier molecular flexibility index (Phi) is 2.94. The van der Waals surface area contributed by atoms with Crippen molar-refractivity contribution in [1.29, 1.82) is 0 Å². The van der Waals surface area contributed by atoms with E-state index in [1.165, 1.54) is 11.1 Å². The molecule has 1 N–H and O–H groups in total. The van der Waals surface area contributed by atoms with Gasteiger partial charge in [-0.25, -0.2) is 0 Å². The standard InChI is InChI=1S/C14H15Cl2N/c1-17-14-8-3-2-4-10(14)11-7-13(16)12(15)6-9(11)5-8/h2-3,6-8,10,14,17H,4-5H2,1H3/t8-,10+,14-/m1/s1. The van der Waals surface area contributed by atoms with Crippen LogP contribution in [0.1, 0.15) is 23.5 Å². The smallest absolute Gasteiger partial charge is 0.0595 e. The van der Waals surface area contributed by atoms with E-state index in [1.54, 1.807) is 0 Å². The predicted molar refractivity (Wildman–Crippen MR) is 73.0 cm³/mol. The lowest BCUT2D eigenvalue weighted by atomic mass is 9.69. The fourth-order valence-corrected chi connectivity index (χ4v) is 3.63. The maximum absolute atomic E-state index is 6.14. The highest BCUT2D eigenvalue weighted by molar-refractivity contribution is 6.42. The van der Waals surface area contributed by atoms with Crippen molar-refractivity contribution in [2.75, 3.05) is 7.05 Å². The summed E-state index contributed by atoms with van der Waals surface area (Å²) in [6, 6.07) is 4.64. The molecular formula is C14H15Cl2N. The van der Waals surface area contributed by atoms with Crippen molar-refractivity contribution >= 4 is 23.2 Å². The number of fused-ring (bicyclic) bond motifs is 4. The van der Waals surface area contributed by atoms with Crippen LogP contribution in [0, 0.1) is 5.92 Å². The molecule has 17 heavy (non-hydrogen) atoms. The first-order valence-electron chi connectivity index (χ1n) is 6.02. The van der Waals surface area contributed by atoms with Crippen molar-refractivity contribution in [3.05, 3.63) is 45.5 Å². The van der Waals surface area contributed by atoms with Crippen LogP contribution in [-0.4, -0.2) is 13.1 Å². The molecule has 0 fully saturated rings. The molecule has 0 saturated carbocycles. The van der Waals surface area contributed by atoms with Crippen molar-refractivity contribution in [2.45, 2.75) is 24.8 Å². The number of allylic oxidation sites excluding steroid dienone is 1. The molecule has 0 heterocycles. The van der Waals surface area contributed by atoms with Crippen LogP contribution in [0.15, 0.2) is 24.3 Å². The zero-order chi connectivity index (χ0) is 12.0. The Hall–Kier alpha value is -0.500. The van der Waals surface area contributed by atoms with Gasteiger partial charge in [-0.3, -0.25) is 0 Å². The Morgan fingerprint density at radius 1 is 1.24 bits per heavy atom. The Morgan fingerprint density at radius 2 is 2.00 bits per heavy atom. The van der Waals surface area contributed by atoms with Crippen molar-refractivity contribution in [3.8, 4) is 0 Å². The maximum Gasteiger partial charge on any atom is 0.0595 e. The number of hydrogen-bond donors (Lipinski definition) is 1. The molecule has 2 aliphatic carbocycles. The molecule has 90 valence electrons. The number of hydrogen-bond acceptors (Lipinski definition) is 1. The molecule has 0 aliphatic heterocycles. The van der Waals surface area contributed by atoms with Crippen LogP contribution < -0.4 is 5.32 Å². The molecule has 1 nitrogen and oxygen atoms in total. The molecule has 2 aliphatic rings. The molecule has 3 atom stereocenters. The summed E-state index contributed by atoms with van der Waals surface area (Å²) < 4.78 is 0. The van der Waals surface area contributed by atoms with Crippen molar-refractivity contribution < 1.29 is 0 Å². The molecule has 0 radical (unpaired) electrons. The van der Waals surface area contributed by atoms with E-state index in [0.29, 0.717) is 27.9 Å². The normalized spacial score (nSPS) is 30.2. The van der Waals surface area contributed by atoms with E-state index in [1.807, 2.05) is 13.1 Å². The summed E-state index contributed by atoms with van der Waals surface area (Å²) in [7, 11) is 2.05. The minimum atomic E-state index is 0.532. The van der Waals surface area contributed by atoms with Crippen molar-refractivity contribution in [2.24, 2.45) is 5.92 Å². The van der Waals surface area contributed by atoms with Gasteiger partial charge >= 0.3 is 0 Å². The third-order valence-electron chi connectivity index (χ3n) is 4.04. The first-order valence-corrected chi connectivity index (χ1v) is 6.78. The fraction of sp³-hybridized carbons (Fsp3) is 0.429. The van der Waals surface area contributed by atoms with E-state index in [0.717, 1.165) is 12.8 Å². The molecule has 3 rings (SSSR count). The molecule has 3 heteroatoms. The van der Waals surface area contributed by atoms with Gasteiger partial charge in [-0.1, -0.05) is 35.4 Å². The van der Waals surface area contributed by atoms with E-state index < -0.39 is 0 Å². The minimum Gasteiger partial charge on any atom is -0.316 e. The second-order valence-electron chi connectivity index (χ2n) is 4.92. The zero-order valence-electron chi connectivity index (χ0n) is 9.71. The lowest BCUT2D eigenvalue weighted by Crippen LogP contribution is -2.44. The number of nitrogens with one attached hydrogen (secondary N) is 1. The van der Waals surface area contributed by atoms with E-state index in [4.69, 9.17) is 23.2 Å². The number of rotatable bonds is 1. The van der Waals surface area contributed by atoms with Crippen LogP contribution in [0.25, 0.3) is 0 Å². The summed E-state index contributed by atoms with van der Waals surface area (Å²) in [6.45, 7) is 0. The van der Waals surface area contributed by atoms with Crippen LogP contribution in [0.3, 0.4) is 0 Å². The van der Waals surface area contributed by atoms with Crippen LogP contribution in [0.5, 0.6) is 0 Å². The second kappa shape index (κ2) is 4.31. The van der Waals surface area contributed by atoms with Crippen molar-refractivity contribution in [1.82, 2.24) is 5.32 Å². The minimum absolute atomic E-state index is 0.532. The predicted octanol–water partition coefficient (Wildman–Crippen LogP) is 3.80. The lowest BCUT2D eigenvalue weighted by molar-refractivity contribution is 0.330. The monoisotopic (exact) mass is 267 g/mol. The number of likely N-dealkylation sites (N-methyl/N-ethyl adjacent to an activating group) is 1. The third-order valence-corrected chi connectivity index (χ3v) is 4.76. The SMILES string of the molecule is CN[C@@H]1[C@@H]2C=CC[C@H]1c1cc(Cl)c(Cl)cc1C2. The molecule has 0 aromatic heterocycles. The summed E-state index contributed by atoms with van der Waals surface area (Å²) in [5, 5.41) is 4.80. The maximum atomic E-state index is 6.14. The van der Waals surface area contributed by atoms with E-state index in [-0.39, 0.29) is 0 Å². The average Bonchev–Trinajstić information content (AvgIpc) is 2.32. The summed E-state index contributed by atoms with van der Waals surface area (Å²) in [5.74, 6) is 1.12. The van der Waals surface area contributed by atoms with Crippen LogP contribution in [0.4, 0.5) is 0 Å². The van der Waals surface area contributed by atoms with Gasteiger partial charge in [0.2, 0.25) is 0 Å². The van der Waals surface area contributed by atoms with Crippen LogP contribution >= 0.6 is 23.2 Å². The van der Waals surface area contributed by atoms with E-state index in [2.05, 4.69) is 23.5 Å². The average molecular weight is 268 g/mol. The summed E-state index contributed by atoms with van der Waals surface area (Å²) in [5.41, 5.74) is 2.74. The lowest BCUT2D eigenvalue weighted by Gasteiger charge is -2.41. The quantitative estimate of drug-likeness (QED) is 0.764. The molecule has 0 unspecified atom stereocenters. The summed E-state index contributed by atoms with van der Waals surface area (Å²) >= 11 is 12.2. The number of benzene rings is 1. The largest absolute Gasteiger partial charge is 0.316 e. The Bertz CT molecular complexity index is 481.